The molecule has 0 aromatic carbocycles. The van der Waals surface area contributed by atoms with Crippen LogP contribution in [0.2, 0.25) is 0 Å². The van der Waals surface area contributed by atoms with Crippen LogP contribution in [0.3, 0.4) is 0 Å². The van der Waals surface area contributed by atoms with Crippen LogP contribution in [-0.4, -0.2) is 34.8 Å². The maximum absolute atomic E-state index is 11.5. The van der Waals surface area contributed by atoms with Crippen molar-refractivity contribution in [2.45, 2.75) is 74.9 Å². The van der Waals surface area contributed by atoms with Crippen molar-refractivity contribution in [2.24, 2.45) is 0 Å². The van der Waals surface area contributed by atoms with Crippen LogP contribution in [0.5, 0.6) is 0 Å². The number of ether oxygens (including phenoxy) is 2. The number of hydrogen-bond acceptors (Lipinski definition) is 4. The molecule has 0 aliphatic heterocycles. The molecule has 0 aliphatic carbocycles. The lowest BCUT2D eigenvalue weighted by Gasteiger charge is -2.10. The van der Waals surface area contributed by atoms with E-state index in [1.54, 1.807) is 0 Å². The molecule has 0 bridgehead atoms. The largest absolute Gasteiger partial charge is 0.465 e. The fraction of sp³-hybridized carbons (Fsp3) is 0.875. The molecule has 0 fully saturated rings. The molecule has 2 atom stereocenters. The van der Waals surface area contributed by atoms with Crippen LogP contribution in [0.4, 0.5) is 0 Å². The molecule has 4 nitrogen and oxygen atoms in total. The van der Waals surface area contributed by atoms with Crippen LogP contribution in [0.15, 0.2) is 0 Å². The standard InChI is InChI=1S/C16H28Br2O4/c1-3-9-13(17)15(19)21-11-7-5-6-8-12-22-16(20)14(18)10-4-2/h13-14H,3-12H2,1-2H3. The maximum atomic E-state index is 11.5. The van der Waals surface area contributed by atoms with Crippen molar-refractivity contribution in [3.63, 3.8) is 0 Å². The molecule has 0 aliphatic rings. The Hall–Kier alpha value is -0.100. The van der Waals surface area contributed by atoms with Crippen LogP contribution >= 0.6 is 31.9 Å². The molecule has 6 heteroatoms. The van der Waals surface area contributed by atoms with E-state index in [9.17, 15) is 9.59 Å². The van der Waals surface area contributed by atoms with Gasteiger partial charge in [-0.3, -0.25) is 9.59 Å². The van der Waals surface area contributed by atoms with E-state index in [4.69, 9.17) is 9.47 Å². The van der Waals surface area contributed by atoms with E-state index in [0.717, 1.165) is 51.4 Å². The van der Waals surface area contributed by atoms with Gasteiger partial charge in [-0.15, -0.1) is 0 Å². The smallest absolute Gasteiger partial charge is 0.319 e. The number of hydrogen-bond donors (Lipinski definition) is 0. The average Bonchev–Trinajstić information content (AvgIpc) is 2.49. The molecule has 0 amide bonds. The summed E-state index contributed by atoms with van der Waals surface area (Å²) in [5, 5.41) is 0. The summed E-state index contributed by atoms with van der Waals surface area (Å²) in [6.45, 7) is 5.00. The van der Waals surface area contributed by atoms with Crippen molar-refractivity contribution in [3.05, 3.63) is 0 Å². The lowest BCUT2D eigenvalue weighted by Crippen LogP contribution is -2.18. The van der Waals surface area contributed by atoms with Crippen LogP contribution in [0, 0.1) is 0 Å². The quantitative estimate of drug-likeness (QED) is 0.234. The number of alkyl halides is 2. The second kappa shape index (κ2) is 14.5. The minimum absolute atomic E-state index is 0.171. The van der Waals surface area contributed by atoms with E-state index in [1.807, 2.05) is 13.8 Å². The van der Waals surface area contributed by atoms with Crippen molar-refractivity contribution in [1.82, 2.24) is 0 Å². The first kappa shape index (κ1) is 21.9. The first-order valence-corrected chi connectivity index (χ1v) is 9.97. The van der Waals surface area contributed by atoms with Crippen molar-refractivity contribution in [1.29, 1.82) is 0 Å². The highest BCUT2D eigenvalue weighted by molar-refractivity contribution is 9.10. The molecular formula is C16H28Br2O4. The summed E-state index contributed by atoms with van der Waals surface area (Å²) in [7, 11) is 0. The summed E-state index contributed by atoms with van der Waals surface area (Å²) in [5.74, 6) is -0.342. The third-order valence-electron chi connectivity index (χ3n) is 3.12. The highest BCUT2D eigenvalue weighted by Crippen LogP contribution is 2.11. The highest BCUT2D eigenvalue weighted by atomic mass is 79.9. The number of esters is 2. The molecule has 0 aromatic rings. The van der Waals surface area contributed by atoms with Gasteiger partial charge in [0.05, 0.1) is 13.2 Å². The molecule has 22 heavy (non-hydrogen) atoms. The predicted octanol–water partition coefficient (Wildman–Crippen LogP) is 4.76. The van der Waals surface area contributed by atoms with E-state index in [2.05, 4.69) is 31.9 Å². The summed E-state index contributed by atoms with van der Waals surface area (Å²) >= 11 is 6.63. The summed E-state index contributed by atoms with van der Waals surface area (Å²) in [5.41, 5.74) is 0. The van der Waals surface area contributed by atoms with Gasteiger partial charge in [-0.05, 0) is 38.5 Å². The summed E-state index contributed by atoms with van der Waals surface area (Å²) in [4.78, 5) is 22.7. The van der Waals surface area contributed by atoms with Crippen molar-refractivity contribution in [2.75, 3.05) is 13.2 Å². The Morgan fingerprint density at radius 1 is 0.773 bits per heavy atom. The molecule has 0 saturated carbocycles. The second-order valence-corrected chi connectivity index (χ2v) is 7.47. The fourth-order valence-electron chi connectivity index (χ4n) is 1.83. The lowest BCUT2D eigenvalue weighted by atomic mass is 10.2. The predicted molar refractivity (Wildman–Crippen MR) is 95.6 cm³/mol. The number of carbonyl (C=O) groups excluding carboxylic acids is 2. The van der Waals surface area contributed by atoms with Crippen molar-refractivity contribution in [3.8, 4) is 0 Å². The SMILES string of the molecule is CCCC(Br)C(=O)OCCCCCCOC(=O)C(Br)CCC. The fourth-order valence-corrected chi connectivity index (χ4v) is 3.01. The highest BCUT2D eigenvalue weighted by Gasteiger charge is 2.15. The minimum Gasteiger partial charge on any atom is -0.465 e. The van der Waals surface area contributed by atoms with Crippen LogP contribution in [-0.2, 0) is 19.1 Å². The zero-order valence-corrected chi connectivity index (χ0v) is 16.8. The number of unbranched alkanes of at least 4 members (excludes halogenated alkanes) is 3. The molecule has 0 radical (unpaired) electrons. The number of rotatable bonds is 13. The van der Waals surface area contributed by atoms with Gasteiger partial charge in [0, 0.05) is 0 Å². The lowest BCUT2D eigenvalue weighted by molar-refractivity contribution is -0.144. The van der Waals surface area contributed by atoms with E-state index < -0.39 is 0 Å². The third kappa shape index (κ3) is 11.5. The topological polar surface area (TPSA) is 52.6 Å². The first-order chi connectivity index (χ1) is 10.5. The van der Waals surface area contributed by atoms with Gasteiger partial charge in [0.25, 0.3) is 0 Å². The van der Waals surface area contributed by atoms with E-state index in [-0.39, 0.29) is 21.6 Å². The Kier molecular flexibility index (Phi) is 14.4. The molecule has 0 aromatic heterocycles. The molecule has 130 valence electrons. The molecular weight excluding hydrogens is 416 g/mol. The second-order valence-electron chi connectivity index (χ2n) is 5.26. The Morgan fingerprint density at radius 2 is 1.14 bits per heavy atom. The maximum Gasteiger partial charge on any atom is 0.319 e. The monoisotopic (exact) mass is 442 g/mol. The number of halogens is 2. The molecule has 0 saturated heterocycles. The zero-order chi connectivity index (χ0) is 16.8. The average molecular weight is 444 g/mol. The van der Waals surface area contributed by atoms with Crippen molar-refractivity contribution < 1.29 is 19.1 Å². The van der Waals surface area contributed by atoms with Gasteiger partial charge in [-0.2, -0.15) is 0 Å². The molecule has 2 unspecified atom stereocenters. The minimum atomic E-state index is -0.183. The first-order valence-electron chi connectivity index (χ1n) is 8.14. The van der Waals surface area contributed by atoms with Gasteiger partial charge in [-0.25, -0.2) is 0 Å². The number of carbonyl (C=O) groups is 2. The van der Waals surface area contributed by atoms with Gasteiger partial charge in [-0.1, -0.05) is 58.5 Å². The molecule has 0 heterocycles. The van der Waals surface area contributed by atoms with Gasteiger partial charge in [0.15, 0.2) is 0 Å². The molecule has 0 spiro atoms. The van der Waals surface area contributed by atoms with Crippen molar-refractivity contribution >= 4 is 43.8 Å². The van der Waals surface area contributed by atoms with E-state index >= 15 is 0 Å². The van der Waals surface area contributed by atoms with Gasteiger partial charge in [0.1, 0.15) is 9.65 Å². The summed E-state index contributed by atoms with van der Waals surface area (Å²) in [6, 6.07) is 0. The summed E-state index contributed by atoms with van der Waals surface area (Å²) < 4.78 is 10.4. The van der Waals surface area contributed by atoms with Crippen LogP contribution < -0.4 is 0 Å². The van der Waals surface area contributed by atoms with Crippen LogP contribution in [0.25, 0.3) is 0 Å². The third-order valence-corrected chi connectivity index (χ3v) is 4.79. The normalized spacial score (nSPS) is 13.5. The Morgan fingerprint density at radius 3 is 1.45 bits per heavy atom. The zero-order valence-electron chi connectivity index (χ0n) is 13.6. The van der Waals surface area contributed by atoms with E-state index in [0.29, 0.717) is 13.2 Å². The van der Waals surface area contributed by atoms with Gasteiger partial charge in [0.2, 0.25) is 0 Å². The van der Waals surface area contributed by atoms with Crippen LogP contribution in [0.1, 0.15) is 65.2 Å². The molecule has 0 N–H and O–H groups in total. The summed E-state index contributed by atoms with van der Waals surface area (Å²) in [6.07, 6.45) is 7.16. The van der Waals surface area contributed by atoms with Gasteiger partial charge >= 0.3 is 11.9 Å². The Balaban J connectivity index is 3.44. The Labute approximate surface area is 150 Å². The van der Waals surface area contributed by atoms with E-state index in [1.165, 1.54) is 0 Å². The molecule has 0 rings (SSSR count). The Bertz CT molecular complexity index is 281. The van der Waals surface area contributed by atoms with Gasteiger partial charge < -0.3 is 9.47 Å².